The summed E-state index contributed by atoms with van der Waals surface area (Å²) in [6, 6.07) is 3.72. The monoisotopic (exact) mass is 316 g/mol. The Hall–Kier alpha value is -2.13. The predicted molar refractivity (Wildman–Crippen MR) is 74.0 cm³/mol. The molecule has 0 aliphatic rings. The van der Waals surface area contributed by atoms with Crippen LogP contribution in [0.3, 0.4) is 0 Å². The summed E-state index contributed by atoms with van der Waals surface area (Å²) < 4.78 is 35.5. The molecule has 0 unspecified atom stereocenters. The van der Waals surface area contributed by atoms with Gasteiger partial charge in [0.05, 0.1) is 24.2 Å². The van der Waals surface area contributed by atoms with Gasteiger partial charge in [-0.25, -0.2) is 13.2 Å². The number of methoxy groups -OCH3 is 1. The summed E-state index contributed by atoms with van der Waals surface area (Å²) >= 11 is 0. The molecule has 0 saturated carbocycles. The third-order valence-electron chi connectivity index (χ3n) is 2.41. The van der Waals surface area contributed by atoms with E-state index in [4.69, 9.17) is 5.73 Å². The van der Waals surface area contributed by atoms with Crippen LogP contribution in [0, 0.1) is 0 Å². The molecule has 0 aromatic heterocycles. The Balaban J connectivity index is 3.10. The van der Waals surface area contributed by atoms with Crippen LogP contribution in [0.15, 0.2) is 23.1 Å². The van der Waals surface area contributed by atoms with Gasteiger partial charge in [-0.15, -0.1) is 0 Å². The number of carbonyl (C=O) groups is 2. The number of nitrogen functional groups attached to an aromatic ring is 1. The van der Waals surface area contributed by atoms with E-state index in [2.05, 4.69) is 9.47 Å². The van der Waals surface area contributed by atoms with E-state index in [1.807, 2.05) is 4.72 Å². The Bertz CT molecular complexity index is 641. The summed E-state index contributed by atoms with van der Waals surface area (Å²) in [5.74, 6) is -1.56. The number of carbonyl (C=O) groups excluding carboxylic acids is 2. The highest BCUT2D eigenvalue weighted by Gasteiger charge is 2.24. The third kappa shape index (κ3) is 4.43. The van der Waals surface area contributed by atoms with Gasteiger partial charge >= 0.3 is 11.9 Å². The zero-order valence-electron chi connectivity index (χ0n) is 11.6. The first-order chi connectivity index (χ1) is 9.81. The number of anilines is 1. The van der Waals surface area contributed by atoms with Crippen molar-refractivity contribution in [2.45, 2.75) is 11.8 Å². The van der Waals surface area contributed by atoms with Gasteiger partial charge in [-0.2, -0.15) is 4.72 Å². The fourth-order valence-electron chi connectivity index (χ4n) is 1.48. The maximum Gasteiger partial charge on any atom is 0.339 e. The molecule has 0 radical (unpaired) electrons. The van der Waals surface area contributed by atoms with Gasteiger partial charge in [0.1, 0.15) is 6.54 Å². The number of rotatable bonds is 6. The lowest BCUT2D eigenvalue weighted by atomic mass is 10.2. The van der Waals surface area contributed by atoms with E-state index in [1.165, 1.54) is 12.1 Å². The standard InChI is InChI=1S/C12H16N2O6S/c1-3-20-11(15)7-14-21(17,18)10-6-8(13)4-5-9(10)12(16)19-2/h4-6,14H,3,7,13H2,1-2H3. The predicted octanol–water partition coefficient (Wildman–Crippen LogP) is -0.103. The molecule has 1 aromatic rings. The fraction of sp³-hybridized carbons (Fsp3) is 0.333. The van der Waals surface area contributed by atoms with Crippen molar-refractivity contribution in [1.29, 1.82) is 0 Å². The van der Waals surface area contributed by atoms with Gasteiger partial charge in [0.2, 0.25) is 10.0 Å². The number of nitrogens with two attached hydrogens (primary N) is 1. The lowest BCUT2D eigenvalue weighted by molar-refractivity contribution is -0.141. The molecule has 3 N–H and O–H groups in total. The van der Waals surface area contributed by atoms with Crippen molar-refractivity contribution in [1.82, 2.24) is 4.72 Å². The highest BCUT2D eigenvalue weighted by atomic mass is 32.2. The van der Waals surface area contributed by atoms with E-state index < -0.39 is 28.5 Å². The van der Waals surface area contributed by atoms with Crippen molar-refractivity contribution < 1.29 is 27.5 Å². The van der Waals surface area contributed by atoms with E-state index in [0.29, 0.717) is 0 Å². The Morgan fingerprint density at radius 2 is 2.00 bits per heavy atom. The quantitative estimate of drug-likeness (QED) is 0.554. The molecule has 0 fully saturated rings. The molecule has 0 amide bonds. The van der Waals surface area contributed by atoms with Crippen molar-refractivity contribution in [3.63, 3.8) is 0 Å². The topological polar surface area (TPSA) is 125 Å². The molecule has 21 heavy (non-hydrogen) atoms. The van der Waals surface area contributed by atoms with Gasteiger partial charge in [-0.1, -0.05) is 0 Å². The Kier molecular flexibility index (Phi) is 5.68. The minimum absolute atomic E-state index is 0.131. The molecule has 0 aliphatic heterocycles. The van der Waals surface area contributed by atoms with Gasteiger partial charge in [-0.3, -0.25) is 4.79 Å². The van der Waals surface area contributed by atoms with Crippen molar-refractivity contribution in [3.8, 4) is 0 Å². The number of hydrogen-bond donors (Lipinski definition) is 2. The number of nitrogens with one attached hydrogen (secondary N) is 1. The maximum absolute atomic E-state index is 12.2. The van der Waals surface area contributed by atoms with Crippen LogP contribution in [0.5, 0.6) is 0 Å². The largest absolute Gasteiger partial charge is 0.465 e. The smallest absolute Gasteiger partial charge is 0.339 e. The Morgan fingerprint density at radius 1 is 1.33 bits per heavy atom. The lowest BCUT2D eigenvalue weighted by Crippen LogP contribution is -2.31. The Labute approximate surface area is 122 Å². The Morgan fingerprint density at radius 3 is 2.57 bits per heavy atom. The maximum atomic E-state index is 12.2. The molecular formula is C12H16N2O6S. The summed E-state index contributed by atoms with van der Waals surface area (Å²) in [6.07, 6.45) is 0. The number of benzene rings is 1. The first kappa shape index (κ1) is 16.9. The number of hydrogen-bond acceptors (Lipinski definition) is 7. The van der Waals surface area contributed by atoms with Crippen LogP contribution >= 0.6 is 0 Å². The molecule has 116 valence electrons. The van der Waals surface area contributed by atoms with Crippen LogP contribution in [0.2, 0.25) is 0 Å². The first-order valence-corrected chi connectivity index (χ1v) is 7.43. The number of esters is 2. The molecule has 8 nitrogen and oxygen atoms in total. The van der Waals surface area contributed by atoms with E-state index in [0.717, 1.165) is 13.2 Å². The van der Waals surface area contributed by atoms with Crippen LogP contribution < -0.4 is 10.5 Å². The summed E-state index contributed by atoms with van der Waals surface area (Å²) in [7, 11) is -2.99. The molecule has 1 rings (SSSR count). The van der Waals surface area contributed by atoms with Crippen LogP contribution in [-0.2, 0) is 24.3 Å². The van der Waals surface area contributed by atoms with Crippen molar-refractivity contribution in [2.24, 2.45) is 0 Å². The number of ether oxygens (including phenoxy) is 2. The second-order valence-electron chi connectivity index (χ2n) is 3.88. The highest BCUT2D eigenvalue weighted by molar-refractivity contribution is 7.89. The molecule has 0 aliphatic carbocycles. The lowest BCUT2D eigenvalue weighted by Gasteiger charge is -2.10. The SMILES string of the molecule is CCOC(=O)CNS(=O)(=O)c1cc(N)ccc1C(=O)OC. The van der Waals surface area contributed by atoms with Gasteiger partial charge in [0.15, 0.2) is 0 Å². The summed E-state index contributed by atoms with van der Waals surface area (Å²) in [5, 5.41) is 0. The molecule has 1 aromatic carbocycles. The van der Waals surface area contributed by atoms with E-state index >= 15 is 0 Å². The normalized spacial score (nSPS) is 11.0. The van der Waals surface area contributed by atoms with Crippen LogP contribution in [0.25, 0.3) is 0 Å². The van der Waals surface area contributed by atoms with E-state index in [-0.39, 0.29) is 22.8 Å². The van der Waals surface area contributed by atoms with Gasteiger partial charge < -0.3 is 15.2 Å². The average molecular weight is 316 g/mol. The second kappa shape index (κ2) is 7.04. The molecule has 0 heterocycles. The van der Waals surface area contributed by atoms with Crippen molar-refractivity contribution >= 4 is 27.6 Å². The summed E-state index contributed by atoms with van der Waals surface area (Å²) in [6.45, 7) is 1.18. The minimum atomic E-state index is -4.11. The zero-order valence-corrected chi connectivity index (χ0v) is 12.4. The fourth-order valence-corrected chi connectivity index (χ4v) is 2.68. The molecular weight excluding hydrogens is 300 g/mol. The molecule has 0 atom stereocenters. The first-order valence-electron chi connectivity index (χ1n) is 5.95. The third-order valence-corrected chi connectivity index (χ3v) is 3.85. The molecule has 9 heteroatoms. The van der Waals surface area contributed by atoms with Gasteiger partial charge in [0, 0.05) is 5.69 Å². The zero-order chi connectivity index (χ0) is 16.0. The van der Waals surface area contributed by atoms with Crippen LogP contribution in [-0.4, -0.2) is 40.6 Å². The minimum Gasteiger partial charge on any atom is -0.465 e. The summed E-state index contributed by atoms with van der Waals surface area (Å²) in [5.41, 5.74) is 5.51. The van der Waals surface area contributed by atoms with Crippen molar-refractivity contribution in [3.05, 3.63) is 23.8 Å². The molecule has 0 saturated heterocycles. The van der Waals surface area contributed by atoms with E-state index in [1.54, 1.807) is 6.92 Å². The van der Waals surface area contributed by atoms with Gasteiger partial charge in [0.25, 0.3) is 0 Å². The van der Waals surface area contributed by atoms with Gasteiger partial charge in [-0.05, 0) is 25.1 Å². The molecule has 0 spiro atoms. The van der Waals surface area contributed by atoms with E-state index in [9.17, 15) is 18.0 Å². The van der Waals surface area contributed by atoms with Crippen LogP contribution in [0.1, 0.15) is 17.3 Å². The molecule has 0 bridgehead atoms. The van der Waals surface area contributed by atoms with Crippen molar-refractivity contribution in [2.75, 3.05) is 26.0 Å². The highest BCUT2D eigenvalue weighted by Crippen LogP contribution is 2.19. The average Bonchev–Trinajstić information content (AvgIpc) is 2.44. The number of sulfonamides is 1. The van der Waals surface area contributed by atoms with Crippen LogP contribution in [0.4, 0.5) is 5.69 Å². The summed E-state index contributed by atoms with van der Waals surface area (Å²) in [4.78, 5) is 22.4. The second-order valence-corrected chi connectivity index (χ2v) is 5.61.